The van der Waals surface area contributed by atoms with Crippen LogP contribution in [0.4, 0.5) is 0 Å². The molecule has 1 N–H and O–H groups in total. The lowest BCUT2D eigenvalue weighted by Gasteiger charge is -2.31. The van der Waals surface area contributed by atoms with Crippen molar-refractivity contribution < 1.29 is 14.6 Å². The van der Waals surface area contributed by atoms with Crippen molar-refractivity contribution in [1.82, 2.24) is 9.88 Å². The fourth-order valence-electron chi connectivity index (χ4n) is 3.89. The van der Waals surface area contributed by atoms with E-state index in [2.05, 4.69) is 4.98 Å². The molecule has 180 valence electrons. The normalized spacial score (nSPS) is 11.8. The molecule has 0 saturated carbocycles. The number of benzene rings is 3. The largest absolute Gasteiger partial charge is 0.486 e. The van der Waals surface area contributed by atoms with E-state index < -0.39 is 0 Å². The van der Waals surface area contributed by atoms with E-state index >= 15 is 0 Å². The van der Waals surface area contributed by atoms with Crippen LogP contribution < -0.4 is 4.74 Å². The number of amides is 1. The number of aryl methyl sites for hydroxylation is 1. The third-order valence-electron chi connectivity index (χ3n) is 5.86. The lowest BCUT2D eigenvalue weighted by atomic mass is 10.0. The van der Waals surface area contributed by atoms with E-state index in [1.165, 1.54) is 11.3 Å². The van der Waals surface area contributed by atoms with Gasteiger partial charge in [0, 0.05) is 21.5 Å². The lowest BCUT2D eigenvalue weighted by molar-refractivity contribution is 0.0671. The first kappa shape index (κ1) is 24.9. The van der Waals surface area contributed by atoms with Crippen LogP contribution in [-0.2, 0) is 19.8 Å². The Morgan fingerprint density at radius 2 is 1.86 bits per heavy atom. The summed E-state index contributed by atoms with van der Waals surface area (Å²) in [7, 11) is 0. The molecule has 0 spiro atoms. The van der Waals surface area contributed by atoms with E-state index in [1.54, 1.807) is 6.07 Å². The maximum Gasteiger partial charge on any atom is 0.254 e. The molecule has 3 aromatic carbocycles. The smallest absolute Gasteiger partial charge is 0.254 e. The van der Waals surface area contributed by atoms with Crippen LogP contribution in [0.2, 0.25) is 5.02 Å². The van der Waals surface area contributed by atoms with E-state index in [0.29, 0.717) is 28.6 Å². The third-order valence-corrected chi connectivity index (χ3v) is 6.97. The van der Waals surface area contributed by atoms with Crippen LogP contribution >= 0.6 is 22.9 Å². The molecule has 1 amide bonds. The van der Waals surface area contributed by atoms with E-state index in [1.807, 2.05) is 90.9 Å². The minimum Gasteiger partial charge on any atom is -0.486 e. The first-order valence-corrected chi connectivity index (χ1v) is 12.6. The van der Waals surface area contributed by atoms with E-state index in [9.17, 15) is 9.90 Å². The quantitative estimate of drug-likeness (QED) is 0.278. The van der Waals surface area contributed by atoms with Gasteiger partial charge in [0.05, 0.1) is 24.9 Å². The first-order valence-electron chi connectivity index (χ1n) is 11.3. The Balaban J connectivity index is 1.66. The van der Waals surface area contributed by atoms with Crippen molar-refractivity contribution in [2.24, 2.45) is 0 Å². The monoisotopic (exact) mass is 506 g/mol. The van der Waals surface area contributed by atoms with Gasteiger partial charge in [-0.1, -0.05) is 60.1 Å². The molecule has 4 aromatic rings. The van der Waals surface area contributed by atoms with Gasteiger partial charge >= 0.3 is 0 Å². The second-order valence-corrected chi connectivity index (χ2v) is 9.65. The Morgan fingerprint density at radius 1 is 1.11 bits per heavy atom. The van der Waals surface area contributed by atoms with Crippen molar-refractivity contribution in [3.63, 3.8) is 0 Å². The third kappa shape index (κ3) is 6.09. The highest BCUT2D eigenvalue weighted by Gasteiger charge is 2.25. The van der Waals surface area contributed by atoms with E-state index in [-0.39, 0.29) is 25.2 Å². The number of hydrogen-bond donors (Lipinski definition) is 1. The minimum atomic E-state index is -0.179. The van der Waals surface area contributed by atoms with Gasteiger partial charge in [-0.05, 0) is 49.2 Å². The predicted octanol–water partition coefficient (Wildman–Crippen LogP) is 6.58. The fraction of sp³-hybridized carbons (Fsp3) is 0.214. The number of hydrogen-bond acceptors (Lipinski definition) is 5. The summed E-state index contributed by atoms with van der Waals surface area (Å²) in [5, 5.41) is 12.4. The SMILES string of the molecule is Cc1ccccc1C(=O)N(Cc1cc(Cl)ccc1OCc1nc(CO)cs1)[C@@H](C)c1ccccc1. The molecule has 7 heteroatoms. The Labute approximate surface area is 214 Å². The number of thiazole rings is 1. The standard InChI is InChI=1S/C28H27ClN2O3S/c1-19-8-6-7-11-25(19)28(33)31(20(2)21-9-4-3-5-10-21)15-22-14-23(29)12-13-26(22)34-17-27-30-24(16-32)18-35-27/h3-14,18,20,32H,15-17H2,1-2H3/t20-/m0/s1. The molecule has 1 heterocycles. The number of carbonyl (C=O) groups excluding carboxylic acids is 1. The number of aliphatic hydroxyl groups is 1. The molecule has 35 heavy (non-hydrogen) atoms. The summed E-state index contributed by atoms with van der Waals surface area (Å²) < 4.78 is 6.10. The second kappa shape index (κ2) is 11.5. The number of rotatable bonds is 9. The number of aliphatic hydroxyl groups excluding tert-OH is 1. The van der Waals surface area contributed by atoms with Gasteiger partial charge in [-0.2, -0.15) is 0 Å². The summed E-state index contributed by atoms with van der Waals surface area (Å²) in [6.07, 6.45) is 0. The zero-order chi connectivity index (χ0) is 24.8. The van der Waals surface area contributed by atoms with E-state index in [0.717, 1.165) is 21.7 Å². The number of halogens is 1. The van der Waals surface area contributed by atoms with Crippen molar-refractivity contribution in [2.75, 3.05) is 0 Å². The van der Waals surface area contributed by atoms with Gasteiger partial charge in [-0.25, -0.2) is 4.98 Å². The van der Waals surface area contributed by atoms with Gasteiger partial charge in [0.25, 0.3) is 5.91 Å². The van der Waals surface area contributed by atoms with Crippen LogP contribution in [0.25, 0.3) is 0 Å². The van der Waals surface area contributed by atoms with Crippen molar-refractivity contribution in [2.45, 2.75) is 39.6 Å². The number of nitrogens with zero attached hydrogens (tertiary/aromatic N) is 2. The number of aromatic nitrogens is 1. The Morgan fingerprint density at radius 3 is 2.57 bits per heavy atom. The lowest BCUT2D eigenvalue weighted by Crippen LogP contribution is -2.33. The molecule has 0 aliphatic rings. The zero-order valence-corrected chi connectivity index (χ0v) is 21.2. The fourth-order valence-corrected chi connectivity index (χ4v) is 4.78. The zero-order valence-electron chi connectivity index (χ0n) is 19.6. The van der Waals surface area contributed by atoms with Gasteiger partial charge in [0.2, 0.25) is 0 Å². The molecule has 0 aliphatic heterocycles. The van der Waals surface area contributed by atoms with Crippen molar-refractivity contribution in [3.05, 3.63) is 116 Å². The Kier molecular flexibility index (Phi) is 8.18. The van der Waals surface area contributed by atoms with E-state index in [4.69, 9.17) is 16.3 Å². The van der Waals surface area contributed by atoms with Crippen LogP contribution in [0.15, 0.2) is 78.2 Å². The van der Waals surface area contributed by atoms with Gasteiger partial charge in [-0.3, -0.25) is 4.79 Å². The molecular weight excluding hydrogens is 480 g/mol. The molecule has 0 radical (unpaired) electrons. The molecule has 1 atom stereocenters. The van der Waals surface area contributed by atoms with Crippen LogP contribution in [0.1, 0.15) is 50.7 Å². The van der Waals surface area contributed by atoms with Crippen LogP contribution in [0.5, 0.6) is 5.75 Å². The molecule has 0 fully saturated rings. The van der Waals surface area contributed by atoms with Gasteiger partial charge in [0.1, 0.15) is 17.4 Å². The molecule has 4 rings (SSSR count). The van der Waals surface area contributed by atoms with Crippen LogP contribution in [-0.4, -0.2) is 20.9 Å². The Hall–Kier alpha value is -3.19. The summed E-state index contributed by atoms with van der Waals surface area (Å²) in [5.74, 6) is 0.580. The molecule has 0 aliphatic carbocycles. The molecule has 0 unspecified atom stereocenters. The minimum absolute atomic E-state index is 0.0575. The highest BCUT2D eigenvalue weighted by Crippen LogP contribution is 2.31. The van der Waals surface area contributed by atoms with Crippen LogP contribution in [0, 0.1) is 6.92 Å². The predicted molar refractivity (Wildman–Crippen MR) is 140 cm³/mol. The molecular formula is C28H27ClN2O3S. The number of ether oxygens (including phenoxy) is 1. The molecule has 0 saturated heterocycles. The average molecular weight is 507 g/mol. The number of carbonyl (C=O) groups is 1. The highest BCUT2D eigenvalue weighted by atomic mass is 35.5. The maximum absolute atomic E-state index is 13.8. The molecule has 0 bridgehead atoms. The van der Waals surface area contributed by atoms with Crippen LogP contribution in [0.3, 0.4) is 0 Å². The van der Waals surface area contributed by atoms with Crippen molar-refractivity contribution >= 4 is 28.8 Å². The molecule has 5 nitrogen and oxygen atoms in total. The molecule has 1 aromatic heterocycles. The van der Waals surface area contributed by atoms with Crippen molar-refractivity contribution in [1.29, 1.82) is 0 Å². The summed E-state index contributed by atoms with van der Waals surface area (Å²) in [6.45, 7) is 4.46. The average Bonchev–Trinajstić information content (AvgIpc) is 3.35. The summed E-state index contributed by atoms with van der Waals surface area (Å²) in [4.78, 5) is 20.0. The topological polar surface area (TPSA) is 62.7 Å². The highest BCUT2D eigenvalue weighted by molar-refractivity contribution is 7.09. The van der Waals surface area contributed by atoms with Gasteiger partial charge in [-0.15, -0.1) is 11.3 Å². The summed E-state index contributed by atoms with van der Waals surface area (Å²) in [5.41, 5.74) is 4.06. The summed E-state index contributed by atoms with van der Waals surface area (Å²) >= 11 is 7.80. The van der Waals surface area contributed by atoms with Crippen molar-refractivity contribution in [3.8, 4) is 5.75 Å². The summed E-state index contributed by atoms with van der Waals surface area (Å²) in [6, 6.07) is 22.9. The van der Waals surface area contributed by atoms with Gasteiger partial charge < -0.3 is 14.7 Å². The maximum atomic E-state index is 13.8. The second-order valence-electron chi connectivity index (χ2n) is 8.27. The van der Waals surface area contributed by atoms with Gasteiger partial charge in [0.15, 0.2) is 0 Å². The first-order chi connectivity index (χ1) is 17.0. The Bertz CT molecular complexity index is 1290.